The van der Waals surface area contributed by atoms with Crippen LogP contribution in [-0.2, 0) is 7.05 Å². The Morgan fingerprint density at radius 1 is 1.29 bits per heavy atom. The standard InChI is InChI=1S/C12H18N4S/c1-6(2)9-10(15-16(5)12(9)13)11-7(3)14-8(4)17-11/h6H,13H2,1-5H3. The van der Waals surface area contributed by atoms with Crippen molar-refractivity contribution in [3.63, 3.8) is 0 Å². The summed E-state index contributed by atoms with van der Waals surface area (Å²) in [5.74, 6) is 1.11. The average Bonchev–Trinajstić information content (AvgIpc) is 2.68. The predicted octanol–water partition coefficient (Wildman–Crippen LogP) is 2.87. The second-order valence-electron chi connectivity index (χ2n) is 4.57. The van der Waals surface area contributed by atoms with Crippen molar-refractivity contribution in [2.24, 2.45) is 7.05 Å². The normalized spacial score (nSPS) is 11.4. The highest BCUT2D eigenvalue weighted by atomic mass is 32.1. The minimum atomic E-state index is 0.362. The number of thiazole rings is 1. The number of nitrogen functional groups attached to an aromatic ring is 1. The topological polar surface area (TPSA) is 56.7 Å². The Labute approximate surface area is 105 Å². The maximum atomic E-state index is 6.08. The van der Waals surface area contributed by atoms with Gasteiger partial charge in [-0.15, -0.1) is 11.3 Å². The van der Waals surface area contributed by atoms with Gasteiger partial charge in [-0.25, -0.2) is 4.98 Å². The monoisotopic (exact) mass is 250 g/mol. The van der Waals surface area contributed by atoms with Gasteiger partial charge in [0, 0.05) is 12.6 Å². The van der Waals surface area contributed by atoms with Gasteiger partial charge < -0.3 is 5.73 Å². The third-order valence-corrected chi connectivity index (χ3v) is 3.91. The van der Waals surface area contributed by atoms with E-state index < -0.39 is 0 Å². The van der Waals surface area contributed by atoms with Crippen LogP contribution in [-0.4, -0.2) is 14.8 Å². The van der Waals surface area contributed by atoms with Gasteiger partial charge in [-0.05, 0) is 19.8 Å². The highest BCUT2D eigenvalue weighted by molar-refractivity contribution is 7.15. The molecule has 0 radical (unpaired) electrons. The van der Waals surface area contributed by atoms with Gasteiger partial charge >= 0.3 is 0 Å². The van der Waals surface area contributed by atoms with Crippen molar-refractivity contribution in [2.75, 3.05) is 5.73 Å². The molecule has 0 aliphatic rings. The van der Waals surface area contributed by atoms with E-state index in [0.29, 0.717) is 5.92 Å². The molecule has 0 amide bonds. The highest BCUT2D eigenvalue weighted by Crippen LogP contribution is 2.37. The second kappa shape index (κ2) is 4.14. The molecule has 0 aliphatic carbocycles. The minimum Gasteiger partial charge on any atom is -0.384 e. The smallest absolute Gasteiger partial charge is 0.125 e. The third-order valence-electron chi connectivity index (χ3n) is 2.83. The van der Waals surface area contributed by atoms with Crippen molar-refractivity contribution in [2.45, 2.75) is 33.6 Å². The van der Waals surface area contributed by atoms with E-state index in [2.05, 4.69) is 23.9 Å². The SMILES string of the molecule is Cc1nc(C)c(-c2nn(C)c(N)c2C(C)C)s1. The maximum Gasteiger partial charge on any atom is 0.125 e. The first kappa shape index (κ1) is 12.1. The van der Waals surface area contributed by atoms with Crippen molar-refractivity contribution in [1.82, 2.24) is 14.8 Å². The molecule has 0 atom stereocenters. The summed E-state index contributed by atoms with van der Waals surface area (Å²) in [6.45, 7) is 8.32. The Morgan fingerprint density at radius 3 is 2.41 bits per heavy atom. The van der Waals surface area contributed by atoms with Crippen LogP contribution in [0.1, 0.15) is 36.0 Å². The van der Waals surface area contributed by atoms with E-state index >= 15 is 0 Å². The van der Waals surface area contributed by atoms with Crippen LogP contribution in [0.3, 0.4) is 0 Å². The summed E-state index contributed by atoms with van der Waals surface area (Å²) >= 11 is 1.68. The van der Waals surface area contributed by atoms with Crippen LogP contribution >= 0.6 is 11.3 Å². The van der Waals surface area contributed by atoms with Crippen molar-refractivity contribution in [3.8, 4) is 10.6 Å². The molecule has 92 valence electrons. The summed E-state index contributed by atoms with van der Waals surface area (Å²) in [4.78, 5) is 5.59. The van der Waals surface area contributed by atoms with Crippen LogP contribution in [0.15, 0.2) is 0 Å². The Balaban J connectivity index is 2.67. The van der Waals surface area contributed by atoms with Gasteiger partial charge in [0.2, 0.25) is 0 Å². The molecule has 0 unspecified atom stereocenters. The molecular formula is C12H18N4S. The Morgan fingerprint density at radius 2 is 1.94 bits per heavy atom. The molecule has 2 heterocycles. The lowest BCUT2D eigenvalue weighted by Crippen LogP contribution is -2.00. The molecule has 2 aromatic heterocycles. The molecule has 2 rings (SSSR count). The fourth-order valence-electron chi connectivity index (χ4n) is 2.04. The summed E-state index contributed by atoms with van der Waals surface area (Å²) < 4.78 is 1.75. The highest BCUT2D eigenvalue weighted by Gasteiger charge is 2.21. The number of nitrogens with zero attached hydrogens (tertiary/aromatic N) is 3. The number of nitrogens with two attached hydrogens (primary N) is 1. The predicted molar refractivity (Wildman–Crippen MR) is 72.3 cm³/mol. The van der Waals surface area contributed by atoms with E-state index in [-0.39, 0.29) is 0 Å². The number of hydrogen-bond donors (Lipinski definition) is 1. The molecule has 5 heteroatoms. The van der Waals surface area contributed by atoms with E-state index in [1.165, 1.54) is 0 Å². The van der Waals surface area contributed by atoms with Crippen molar-refractivity contribution >= 4 is 17.2 Å². The Kier molecular flexibility index (Phi) is 2.95. The molecule has 0 saturated heterocycles. The number of hydrogen-bond acceptors (Lipinski definition) is 4. The molecule has 0 aliphatic heterocycles. The van der Waals surface area contributed by atoms with Gasteiger partial charge in [0.25, 0.3) is 0 Å². The Bertz CT molecular complexity index is 551. The first-order valence-corrected chi connectivity index (χ1v) is 6.50. The summed E-state index contributed by atoms with van der Waals surface area (Å²) in [5, 5.41) is 5.60. The lowest BCUT2D eigenvalue weighted by atomic mass is 10.0. The van der Waals surface area contributed by atoms with Crippen LogP contribution in [0.5, 0.6) is 0 Å². The first-order valence-electron chi connectivity index (χ1n) is 5.68. The van der Waals surface area contributed by atoms with Crippen LogP contribution in [0.4, 0.5) is 5.82 Å². The molecule has 2 N–H and O–H groups in total. The molecular weight excluding hydrogens is 232 g/mol. The molecule has 17 heavy (non-hydrogen) atoms. The van der Waals surface area contributed by atoms with Gasteiger partial charge in [0.15, 0.2) is 0 Å². The molecule has 2 aromatic rings. The fraction of sp³-hybridized carbons (Fsp3) is 0.500. The summed E-state index contributed by atoms with van der Waals surface area (Å²) in [5.41, 5.74) is 9.23. The summed E-state index contributed by atoms with van der Waals surface area (Å²) in [6, 6.07) is 0. The van der Waals surface area contributed by atoms with Gasteiger partial charge in [-0.1, -0.05) is 13.8 Å². The van der Waals surface area contributed by atoms with Crippen LogP contribution in [0, 0.1) is 13.8 Å². The molecule has 0 spiro atoms. The minimum absolute atomic E-state index is 0.362. The molecule has 0 saturated carbocycles. The number of aryl methyl sites for hydroxylation is 3. The average molecular weight is 250 g/mol. The summed E-state index contributed by atoms with van der Waals surface area (Å²) in [7, 11) is 1.88. The zero-order chi connectivity index (χ0) is 12.7. The first-order chi connectivity index (χ1) is 7.91. The van der Waals surface area contributed by atoms with Crippen molar-refractivity contribution in [3.05, 3.63) is 16.3 Å². The molecule has 4 nitrogen and oxygen atoms in total. The number of anilines is 1. The quantitative estimate of drug-likeness (QED) is 0.891. The molecule has 0 fully saturated rings. The fourth-order valence-corrected chi connectivity index (χ4v) is 2.96. The molecule has 0 aromatic carbocycles. The summed E-state index contributed by atoms with van der Waals surface area (Å²) in [6.07, 6.45) is 0. The maximum absolute atomic E-state index is 6.08. The van der Waals surface area contributed by atoms with Gasteiger partial charge in [-0.3, -0.25) is 4.68 Å². The van der Waals surface area contributed by atoms with Crippen LogP contribution < -0.4 is 5.73 Å². The number of rotatable bonds is 2. The zero-order valence-electron chi connectivity index (χ0n) is 10.9. The third kappa shape index (κ3) is 1.95. The zero-order valence-corrected chi connectivity index (χ0v) is 11.7. The lowest BCUT2D eigenvalue weighted by molar-refractivity contribution is 0.780. The van der Waals surface area contributed by atoms with Gasteiger partial charge in [-0.2, -0.15) is 5.10 Å². The van der Waals surface area contributed by atoms with E-state index in [9.17, 15) is 0 Å². The van der Waals surface area contributed by atoms with Crippen LogP contribution in [0.25, 0.3) is 10.6 Å². The van der Waals surface area contributed by atoms with Gasteiger partial charge in [0.1, 0.15) is 11.5 Å². The van der Waals surface area contributed by atoms with E-state index in [0.717, 1.165) is 32.7 Å². The van der Waals surface area contributed by atoms with E-state index in [1.807, 2.05) is 20.9 Å². The van der Waals surface area contributed by atoms with Crippen molar-refractivity contribution < 1.29 is 0 Å². The largest absolute Gasteiger partial charge is 0.384 e. The van der Waals surface area contributed by atoms with Crippen LogP contribution in [0.2, 0.25) is 0 Å². The van der Waals surface area contributed by atoms with E-state index in [4.69, 9.17) is 5.73 Å². The van der Waals surface area contributed by atoms with Gasteiger partial charge in [0.05, 0.1) is 15.6 Å². The Hall–Kier alpha value is -1.36. The second-order valence-corrected chi connectivity index (χ2v) is 5.78. The van der Waals surface area contributed by atoms with E-state index in [1.54, 1.807) is 16.0 Å². The van der Waals surface area contributed by atoms with Crippen molar-refractivity contribution in [1.29, 1.82) is 0 Å². The lowest BCUT2D eigenvalue weighted by Gasteiger charge is -2.06. The number of aromatic nitrogens is 3. The molecule has 0 bridgehead atoms.